The van der Waals surface area contributed by atoms with Crippen LogP contribution in [0.5, 0.6) is 5.75 Å². The van der Waals surface area contributed by atoms with Crippen molar-refractivity contribution < 1.29 is 14.6 Å². The lowest BCUT2D eigenvalue weighted by molar-refractivity contribution is 0.0696. The van der Waals surface area contributed by atoms with Gasteiger partial charge in [0, 0.05) is 0 Å². The summed E-state index contributed by atoms with van der Waals surface area (Å²) in [5.41, 5.74) is 1.39. The van der Waals surface area contributed by atoms with Gasteiger partial charge < -0.3 is 9.84 Å². The molecular weight excluding hydrogens is 204 g/mol. The summed E-state index contributed by atoms with van der Waals surface area (Å²) in [6.45, 7) is 5.04. The Morgan fingerprint density at radius 1 is 1.50 bits per heavy atom. The van der Waals surface area contributed by atoms with Crippen LogP contribution in [0.2, 0.25) is 0 Å². The number of aromatic carboxylic acids is 1. The summed E-state index contributed by atoms with van der Waals surface area (Å²) in [6, 6.07) is 5.12. The van der Waals surface area contributed by atoms with Gasteiger partial charge in [-0.3, -0.25) is 0 Å². The quantitative estimate of drug-likeness (QED) is 0.833. The molecule has 0 radical (unpaired) electrons. The Labute approximate surface area is 95.0 Å². The fraction of sp³-hybridized carbons (Fsp3) is 0.462. The normalized spacial score (nSPS) is 19.1. The molecule has 1 aromatic carbocycles. The molecule has 0 aliphatic carbocycles. The molecule has 16 heavy (non-hydrogen) atoms. The maximum Gasteiger partial charge on any atom is 0.335 e. The number of benzene rings is 1. The van der Waals surface area contributed by atoms with Crippen molar-refractivity contribution in [3.05, 3.63) is 29.3 Å². The Bertz CT molecular complexity index is 410. The van der Waals surface area contributed by atoms with Crippen LogP contribution in [0, 0.1) is 5.92 Å². The fourth-order valence-corrected chi connectivity index (χ4v) is 2.25. The molecule has 2 rings (SSSR count). The number of fused-ring (bicyclic) bond motifs is 1. The molecule has 0 fully saturated rings. The summed E-state index contributed by atoms with van der Waals surface area (Å²) in [7, 11) is 0. The van der Waals surface area contributed by atoms with Crippen LogP contribution in [0.4, 0.5) is 0 Å². The summed E-state index contributed by atoms with van der Waals surface area (Å²) in [5.74, 6) is 0.876. The zero-order valence-corrected chi connectivity index (χ0v) is 9.56. The van der Waals surface area contributed by atoms with Gasteiger partial charge in [-0.1, -0.05) is 13.8 Å². The van der Waals surface area contributed by atoms with Gasteiger partial charge >= 0.3 is 5.97 Å². The van der Waals surface area contributed by atoms with Gasteiger partial charge in [0.2, 0.25) is 0 Å². The van der Waals surface area contributed by atoms with Crippen LogP contribution in [0.3, 0.4) is 0 Å². The Hall–Kier alpha value is -1.51. The van der Waals surface area contributed by atoms with E-state index in [1.54, 1.807) is 18.2 Å². The van der Waals surface area contributed by atoms with E-state index in [-0.39, 0.29) is 0 Å². The van der Waals surface area contributed by atoms with Gasteiger partial charge in [-0.15, -0.1) is 0 Å². The van der Waals surface area contributed by atoms with E-state index < -0.39 is 5.97 Å². The van der Waals surface area contributed by atoms with Gasteiger partial charge in [0.25, 0.3) is 0 Å². The smallest absolute Gasteiger partial charge is 0.335 e. The third kappa shape index (κ3) is 1.90. The topological polar surface area (TPSA) is 46.5 Å². The molecule has 3 heteroatoms. The summed E-state index contributed by atoms with van der Waals surface area (Å²) in [4.78, 5) is 10.9. The molecule has 0 saturated carbocycles. The number of carboxylic acid groups (broad SMARTS) is 1. The van der Waals surface area contributed by atoms with Crippen LogP contribution < -0.4 is 4.74 Å². The highest BCUT2D eigenvalue weighted by Crippen LogP contribution is 2.38. The van der Waals surface area contributed by atoms with E-state index in [9.17, 15) is 4.79 Å². The van der Waals surface area contributed by atoms with Crippen molar-refractivity contribution in [3.8, 4) is 5.75 Å². The Kier molecular flexibility index (Phi) is 2.86. The molecule has 1 aliphatic heterocycles. The monoisotopic (exact) mass is 220 g/mol. The number of ether oxygens (including phenoxy) is 1. The summed E-state index contributed by atoms with van der Waals surface area (Å²) in [5, 5.41) is 8.97. The lowest BCUT2D eigenvalue weighted by atomic mass is 9.83. The minimum atomic E-state index is -0.879. The minimum absolute atomic E-state index is 0.343. The van der Waals surface area contributed by atoms with Crippen molar-refractivity contribution in [2.24, 2.45) is 5.92 Å². The first-order valence-electron chi connectivity index (χ1n) is 5.59. The summed E-state index contributed by atoms with van der Waals surface area (Å²) < 4.78 is 5.55. The molecule has 1 N–H and O–H groups in total. The van der Waals surface area contributed by atoms with Crippen molar-refractivity contribution in [3.63, 3.8) is 0 Å². The van der Waals surface area contributed by atoms with Crippen LogP contribution in [0.1, 0.15) is 42.1 Å². The third-order valence-corrected chi connectivity index (χ3v) is 3.15. The fourth-order valence-electron chi connectivity index (χ4n) is 2.25. The van der Waals surface area contributed by atoms with Gasteiger partial charge in [-0.2, -0.15) is 0 Å². The first-order valence-corrected chi connectivity index (χ1v) is 5.59. The highest BCUT2D eigenvalue weighted by Gasteiger charge is 2.25. The van der Waals surface area contributed by atoms with E-state index >= 15 is 0 Å². The van der Waals surface area contributed by atoms with E-state index in [0.717, 1.165) is 24.3 Å². The first kappa shape index (κ1) is 11.0. The SMILES string of the molecule is CC(C)C1CCOc2ccc(C(=O)O)cc21. The van der Waals surface area contributed by atoms with Crippen LogP contribution in [-0.2, 0) is 0 Å². The second-order valence-corrected chi connectivity index (χ2v) is 4.55. The first-order chi connectivity index (χ1) is 7.59. The van der Waals surface area contributed by atoms with E-state index in [1.807, 2.05) is 0 Å². The number of rotatable bonds is 2. The number of hydrogen-bond acceptors (Lipinski definition) is 2. The predicted octanol–water partition coefficient (Wildman–Crippen LogP) is 2.91. The highest BCUT2D eigenvalue weighted by atomic mass is 16.5. The predicted molar refractivity (Wildman–Crippen MR) is 61.1 cm³/mol. The molecule has 1 unspecified atom stereocenters. The van der Waals surface area contributed by atoms with Crippen molar-refractivity contribution in [2.45, 2.75) is 26.2 Å². The number of carboxylic acids is 1. The van der Waals surface area contributed by atoms with E-state index in [4.69, 9.17) is 9.84 Å². The zero-order valence-electron chi connectivity index (χ0n) is 9.56. The molecule has 0 aromatic heterocycles. The van der Waals surface area contributed by atoms with Crippen LogP contribution in [-0.4, -0.2) is 17.7 Å². The van der Waals surface area contributed by atoms with Gasteiger partial charge in [0.05, 0.1) is 12.2 Å². The standard InChI is InChI=1S/C13H16O3/c1-8(2)10-5-6-16-12-4-3-9(13(14)15)7-11(10)12/h3-4,7-8,10H,5-6H2,1-2H3,(H,14,15). The van der Waals surface area contributed by atoms with Gasteiger partial charge in [0.15, 0.2) is 0 Å². The molecule has 1 atom stereocenters. The lowest BCUT2D eigenvalue weighted by Gasteiger charge is -2.28. The van der Waals surface area contributed by atoms with E-state index in [1.165, 1.54) is 0 Å². The van der Waals surface area contributed by atoms with Crippen LogP contribution in [0.25, 0.3) is 0 Å². The molecule has 0 saturated heterocycles. The Morgan fingerprint density at radius 2 is 2.25 bits per heavy atom. The van der Waals surface area contributed by atoms with Crippen molar-refractivity contribution in [1.29, 1.82) is 0 Å². The molecule has 1 aliphatic rings. The molecule has 0 amide bonds. The number of carbonyl (C=O) groups is 1. The lowest BCUT2D eigenvalue weighted by Crippen LogP contribution is -2.18. The molecule has 0 bridgehead atoms. The van der Waals surface area contributed by atoms with Crippen LogP contribution in [0.15, 0.2) is 18.2 Å². The summed E-state index contributed by atoms with van der Waals surface area (Å²) in [6.07, 6.45) is 0.966. The van der Waals surface area contributed by atoms with Gasteiger partial charge in [-0.25, -0.2) is 4.79 Å². The van der Waals surface area contributed by atoms with Gasteiger partial charge in [-0.05, 0) is 42.0 Å². The minimum Gasteiger partial charge on any atom is -0.493 e. The molecule has 3 nitrogen and oxygen atoms in total. The van der Waals surface area contributed by atoms with E-state index in [0.29, 0.717) is 17.4 Å². The van der Waals surface area contributed by atoms with Crippen molar-refractivity contribution in [1.82, 2.24) is 0 Å². The second kappa shape index (κ2) is 4.16. The van der Waals surface area contributed by atoms with Gasteiger partial charge in [0.1, 0.15) is 5.75 Å². The van der Waals surface area contributed by atoms with Crippen molar-refractivity contribution >= 4 is 5.97 Å². The highest BCUT2D eigenvalue weighted by molar-refractivity contribution is 5.88. The van der Waals surface area contributed by atoms with E-state index in [2.05, 4.69) is 13.8 Å². The molecular formula is C13H16O3. The largest absolute Gasteiger partial charge is 0.493 e. The average Bonchev–Trinajstić information content (AvgIpc) is 2.27. The molecule has 86 valence electrons. The zero-order chi connectivity index (χ0) is 11.7. The summed E-state index contributed by atoms with van der Waals surface area (Å²) >= 11 is 0. The number of hydrogen-bond donors (Lipinski definition) is 1. The van der Waals surface area contributed by atoms with Crippen molar-refractivity contribution in [2.75, 3.05) is 6.61 Å². The molecule has 0 spiro atoms. The maximum absolute atomic E-state index is 10.9. The molecule has 1 aromatic rings. The maximum atomic E-state index is 10.9. The average molecular weight is 220 g/mol. The molecule has 1 heterocycles. The second-order valence-electron chi connectivity index (χ2n) is 4.55. The van der Waals surface area contributed by atoms with Crippen LogP contribution >= 0.6 is 0 Å². The third-order valence-electron chi connectivity index (χ3n) is 3.15. The Morgan fingerprint density at radius 3 is 2.88 bits per heavy atom. The Balaban J connectivity index is 2.44.